The zero-order chi connectivity index (χ0) is 16.5. The summed E-state index contributed by atoms with van der Waals surface area (Å²) in [5, 5.41) is 9.61. The number of fused-ring (bicyclic) bond motifs is 1. The molecule has 120 valence electrons. The van der Waals surface area contributed by atoms with Crippen molar-refractivity contribution in [3.63, 3.8) is 0 Å². The molecule has 1 aromatic heterocycles. The van der Waals surface area contributed by atoms with Gasteiger partial charge in [-0.05, 0) is 25.8 Å². The number of carbonyl (C=O) groups is 1. The Balaban J connectivity index is 1.94. The molecule has 2 aromatic carbocycles. The Bertz CT molecular complexity index is 896. The molecule has 0 bridgehead atoms. The van der Waals surface area contributed by atoms with Crippen LogP contribution in [0, 0.1) is 6.92 Å². The monoisotopic (exact) mass is 317 g/mol. The predicted molar refractivity (Wildman–Crippen MR) is 94.8 cm³/mol. The van der Waals surface area contributed by atoms with Crippen molar-refractivity contribution in [3.05, 3.63) is 59.7 Å². The molecule has 1 aliphatic heterocycles. The van der Waals surface area contributed by atoms with Crippen LogP contribution in [-0.4, -0.2) is 34.1 Å². The van der Waals surface area contributed by atoms with Crippen molar-refractivity contribution in [2.75, 3.05) is 13.1 Å². The van der Waals surface area contributed by atoms with E-state index in [1.165, 1.54) is 5.56 Å². The topological polar surface area (TPSA) is 46.1 Å². The summed E-state index contributed by atoms with van der Waals surface area (Å²) in [6, 6.07) is 15.8. The molecule has 0 N–H and O–H groups in total. The predicted octanol–water partition coefficient (Wildman–Crippen LogP) is 3.84. The van der Waals surface area contributed by atoms with E-state index in [0.29, 0.717) is 11.3 Å². The lowest BCUT2D eigenvalue weighted by Gasteiger charge is -2.18. The standard InChI is InChI=1S/C20H19N3O/c1-14-8-10-15(11-9-14)19-18(20(24)23-12-4-5-13-23)16-6-2-3-7-17(16)21-22-19/h2-3,6-11H,4-5,12-13H2,1H3. The van der Waals surface area contributed by atoms with Gasteiger partial charge in [-0.25, -0.2) is 0 Å². The zero-order valence-electron chi connectivity index (χ0n) is 13.7. The fraction of sp³-hybridized carbons (Fsp3) is 0.250. The summed E-state index contributed by atoms with van der Waals surface area (Å²) in [5.74, 6) is 0.0641. The lowest BCUT2D eigenvalue weighted by atomic mass is 10.00. The van der Waals surface area contributed by atoms with Crippen LogP contribution in [0.15, 0.2) is 48.5 Å². The van der Waals surface area contributed by atoms with Crippen LogP contribution < -0.4 is 0 Å². The van der Waals surface area contributed by atoms with Crippen molar-refractivity contribution in [3.8, 4) is 11.3 Å². The number of benzene rings is 2. The van der Waals surface area contributed by atoms with Crippen molar-refractivity contribution in [2.24, 2.45) is 0 Å². The Labute approximate surface area is 141 Å². The van der Waals surface area contributed by atoms with Gasteiger partial charge in [-0.2, -0.15) is 0 Å². The smallest absolute Gasteiger partial charge is 0.256 e. The van der Waals surface area contributed by atoms with E-state index < -0.39 is 0 Å². The summed E-state index contributed by atoms with van der Waals surface area (Å²) in [5.41, 5.74) is 4.22. The number of rotatable bonds is 2. The normalized spacial score (nSPS) is 14.3. The summed E-state index contributed by atoms with van der Waals surface area (Å²) >= 11 is 0. The summed E-state index contributed by atoms with van der Waals surface area (Å²) in [4.78, 5) is 15.1. The first-order valence-corrected chi connectivity index (χ1v) is 8.36. The number of likely N-dealkylation sites (tertiary alicyclic amines) is 1. The second kappa shape index (κ2) is 6.04. The van der Waals surface area contributed by atoms with Crippen molar-refractivity contribution in [1.82, 2.24) is 15.1 Å². The van der Waals surface area contributed by atoms with Crippen LogP contribution in [0.3, 0.4) is 0 Å². The molecule has 1 fully saturated rings. The first-order chi connectivity index (χ1) is 11.7. The Morgan fingerprint density at radius 2 is 1.67 bits per heavy atom. The third-order valence-corrected chi connectivity index (χ3v) is 4.60. The molecule has 0 saturated carbocycles. The minimum absolute atomic E-state index is 0.0641. The van der Waals surface area contributed by atoms with E-state index in [1.54, 1.807) is 0 Å². The Hall–Kier alpha value is -2.75. The fourth-order valence-electron chi connectivity index (χ4n) is 3.26. The quantitative estimate of drug-likeness (QED) is 0.721. The summed E-state index contributed by atoms with van der Waals surface area (Å²) in [7, 11) is 0. The lowest BCUT2D eigenvalue weighted by Crippen LogP contribution is -2.28. The molecule has 4 heteroatoms. The van der Waals surface area contributed by atoms with E-state index >= 15 is 0 Å². The number of nitrogens with zero attached hydrogens (tertiary/aromatic N) is 3. The molecule has 1 aliphatic rings. The van der Waals surface area contributed by atoms with E-state index in [2.05, 4.69) is 10.2 Å². The van der Waals surface area contributed by atoms with Crippen LogP contribution in [0.2, 0.25) is 0 Å². The van der Waals surface area contributed by atoms with Gasteiger partial charge >= 0.3 is 0 Å². The molecule has 1 saturated heterocycles. The van der Waals surface area contributed by atoms with Gasteiger partial charge in [0.2, 0.25) is 0 Å². The molecule has 4 rings (SSSR count). The number of amides is 1. The highest BCUT2D eigenvalue weighted by Crippen LogP contribution is 2.29. The summed E-state index contributed by atoms with van der Waals surface area (Å²) in [6.45, 7) is 3.69. The zero-order valence-corrected chi connectivity index (χ0v) is 13.7. The van der Waals surface area contributed by atoms with Crippen molar-refractivity contribution in [2.45, 2.75) is 19.8 Å². The number of hydrogen-bond donors (Lipinski definition) is 0. The van der Waals surface area contributed by atoms with Crippen LogP contribution >= 0.6 is 0 Å². The first-order valence-electron chi connectivity index (χ1n) is 8.36. The second-order valence-electron chi connectivity index (χ2n) is 6.31. The molecule has 0 aliphatic carbocycles. The van der Waals surface area contributed by atoms with Crippen LogP contribution in [-0.2, 0) is 0 Å². The largest absolute Gasteiger partial charge is 0.339 e. The number of hydrogen-bond acceptors (Lipinski definition) is 3. The molecule has 0 unspecified atom stereocenters. The third kappa shape index (κ3) is 2.54. The van der Waals surface area contributed by atoms with Gasteiger partial charge in [0.05, 0.1) is 11.1 Å². The maximum Gasteiger partial charge on any atom is 0.256 e. The molecule has 4 nitrogen and oxygen atoms in total. The van der Waals surface area contributed by atoms with Crippen LogP contribution in [0.5, 0.6) is 0 Å². The van der Waals surface area contributed by atoms with E-state index in [0.717, 1.165) is 42.4 Å². The van der Waals surface area contributed by atoms with Gasteiger partial charge in [0.25, 0.3) is 5.91 Å². The van der Waals surface area contributed by atoms with Crippen LogP contribution in [0.4, 0.5) is 0 Å². The van der Waals surface area contributed by atoms with Crippen LogP contribution in [0.1, 0.15) is 28.8 Å². The first kappa shape index (κ1) is 14.8. The highest BCUT2D eigenvalue weighted by Gasteiger charge is 2.25. The Morgan fingerprint density at radius 1 is 0.958 bits per heavy atom. The van der Waals surface area contributed by atoms with Gasteiger partial charge in [0.15, 0.2) is 0 Å². The highest BCUT2D eigenvalue weighted by molar-refractivity contribution is 6.10. The summed E-state index contributed by atoms with van der Waals surface area (Å²) in [6.07, 6.45) is 2.14. The average molecular weight is 317 g/mol. The van der Waals surface area contributed by atoms with E-state index in [9.17, 15) is 4.79 Å². The maximum atomic E-state index is 13.2. The van der Waals surface area contributed by atoms with Gasteiger partial charge < -0.3 is 4.90 Å². The minimum Gasteiger partial charge on any atom is -0.339 e. The molecule has 0 atom stereocenters. The van der Waals surface area contributed by atoms with Crippen molar-refractivity contribution < 1.29 is 4.79 Å². The lowest BCUT2D eigenvalue weighted by molar-refractivity contribution is 0.0795. The molecular formula is C20H19N3O. The number of aromatic nitrogens is 2. The maximum absolute atomic E-state index is 13.2. The van der Waals surface area contributed by atoms with E-state index in [4.69, 9.17) is 0 Å². The van der Waals surface area contributed by atoms with Gasteiger partial charge in [-0.1, -0.05) is 48.0 Å². The third-order valence-electron chi connectivity index (χ3n) is 4.60. The molecule has 24 heavy (non-hydrogen) atoms. The van der Waals surface area contributed by atoms with Gasteiger partial charge in [0, 0.05) is 24.0 Å². The minimum atomic E-state index is 0.0641. The second-order valence-corrected chi connectivity index (χ2v) is 6.31. The van der Waals surface area contributed by atoms with Crippen molar-refractivity contribution in [1.29, 1.82) is 0 Å². The Kier molecular flexibility index (Phi) is 3.73. The van der Waals surface area contributed by atoms with Gasteiger partial charge in [-0.15, -0.1) is 10.2 Å². The molecule has 3 aromatic rings. The molecule has 0 spiro atoms. The van der Waals surface area contributed by atoms with Crippen molar-refractivity contribution >= 4 is 16.8 Å². The van der Waals surface area contributed by atoms with Gasteiger partial charge in [0.1, 0.15) is 5.69 Å². The number of aryl methyl sites for hydroxylation is 1. The Morgan fingerprint density at radius 3 is 2.42 bits per heavy atom. The van der Waals surface area contributed by atoms with E-state index in [1.807, 2.05) is 60.4 Å². The molecule has 0 radical (unpaired) electrons. The average Bonchev–Trinajstić information content (AvgIpc) is 3.15. The summed E-state index contributed by atoms with van der Waals surface area (Å²) < 4.78 is 0. The molecular weight excluding hydrogens is 298 g/mol. The van der Waals surface area contributed by atoms with Gasteiger partial charge in [-0.3, -0.25) is 4.79 Å². The number of carbonyl (C=O) groups excluding carboxylic acids is 1. The highest BCUT2D eigenvalue weighted by atomic mass is 16.2. The van der Waals surface area contributed by atoms with E-state index in [-0.39, 0.29) is 5.91 Å². The fourth-order valence-corrected chi connectivity index (χ4v) is 3.26. The van der Waals surface area contributed by atoms with Crippen LogP contribution in [0.25, 0.3) is 22.2 Å². The molecule has 2 heterocycles. The SMILES string of the molecule is Cc1ccc(-c2nnc3ccccc3c2C(=O)N2CCCC2)cc1. The molecule has 1 amide bonds.